The maximum atomic E-state index is 13.6. The van der Waals surface area contributed by atoms with Crippen LogP contribution in [0.15, 0.2) is 42.5 Å². The zero-order valence-electron chi connectivity index (χ0n) is 15.3. The lowest BCUT2D eigenvalue weighted by atomic mass is 10.2. The van der Waals surface area contributed by atoms with E-state index in [0.717, 1.165) is 50.6 Å². The Morgan fingerprint density at radius 2 is 1.71 bits per heavy atom. The van der Waals surface area contributed by atoms with Gasteiger partial charge in [-0.1, -0.05) is 11.6 Å². The summed E-state index contributed by atoms with van der Waals surface area (Å²) in [4.78, 5) is 16.4. The second kappa shape index (κ2) is 9.82. The van der Waals surface area contributed by atoms with Gasteiger partial charge in [0.15, 0.2) is 0 Å². The number of nitrogens with zero attached hydrogens (tertiary/aromatic N) is 2. The van der Waals surface area contributed by atoms with Gasteiger partial charge in [-0.05, 0) is 36.4 Å². The summed E-state index contributed by atoms with van der Waals surface area (Å²) in [5.74, 6) is -0.983. The molecule has 5 nitrogen and oxygen atoms in total. The molecule has 2 aromatic rings. The minimum absolute atomic E-state index is 0.00983. The van der Waals surface area contributed by atoms with Crippen LogP contribution in [0.4, 0.5) is 14.5 Å². The van der Waals surface area contributed by atoms with E-state index in [1.54, 1.807) is 12.1 Å². The number of benzene rings is 2. The Labute approximate surface area is 167 Å². The van der Waals surface area contributed by atoms with Gasteiger partial charge in [-0.15, -0.1) is 0 Å². The maximum Gasteiger partial charge on any atom is 0.238 e. The van der Waals surface area contributed by atoms with E-state index in [-0.39, 0.29) is 18.1 Å². The summed E-state index contributed by atoms with van der Waals surface area (Å²) in [6, 6.07) is 10.3. The van der Waals surface area contributed by atoms with Gasteiger partial charge in [0.05, 0.1) is 12.2 Å². The van der Waals surface area contributed by atoms with E-state index >= 15 is 0 Å². The van der Waals surface area contributed by atoms with E-state index in [9.17, 15) is 13.6 Å². The predicted molar refractivity (Wildman–Crippen MR) is 105 cm³/mol. The molecule has 1 aliphatic heterocycles. The molecule has 0 aromatic heterocycles. The highest BCUT2D eigenvalue weighted by Gasteiger charge is 2.19. The lowest BCUT2D eigenvalue weighted by Gasteiger charge is -2.34. The van der Waals surface area contributed by atoms with E-state index in [2.05, 4.69) is 10.2 Å². The summed E-state index contributed by atoms with van der Waals surface area (Å²) in [7, 11) is 0. The number of hydrogen-bond acceptors (Lipinski definition) is 4. The Balaban J connectivity index is 1.35. The van der Waals surface area contributed by atoms with Crippen molar-refractivity contribution < 1.29 is 18.3 Å². The van der Waals surface area contributed by atoms with Gasteiger partial charge >= 0.3 is 0 Å². The normalized spacial score (nSPS) is 15.4. The molecular formula is C20H22ClF2N3O2. The van der Waals surface area contributed by atoms with Crippen LogP contribution in [0.3, 0.4) is 0 Å². The topological polar surface area (TPSA) is 44.8 Å². The van der Waals surface area contributed by atoms with Crippen LogP contribution < -0.4 is 10.1 Å². The molecule has 1 fully saturated rings. The molecule has 0 saturated carbocycles. The van der Waals surface area contributed by atoms with Gasteiger partial charge in [-0.25, -0.2) is 8.78 Å². The lowest BCUT2D eigenvalue weighted by Crippen LogP contribution is -2.49. The number of amides is 1. The van der Waals surface area contributed by atoms with Gasteiger partial charge in [-0.3, -0.25) is 14.6 Å². The number of carbonyl (C=O) groups is 1. The monoisotopic (exact) mass is 409 g/mol. The first kappa shape index (κ1) is 20.5. The average molecular weight is 410 g/mol. The molecule has 3 rings (SSSR count). The van der Waals surface area contributed by atoms with Crippen molar-refractivity contribution in [2.45, 2.75) is 0 Å². The van der Waals surface area contributed by atoms with E-state index in [1.807, 2.05) is 17.0 Å². The van der Waals surface area contributed by atoms with Crippen molar-refractivity contribution in [2.24, 2.45) is 0 Å². The number of halogens is 3. The first-order valence-corrected chi connectivity index (χ1v) is 9.45. The first-order chi connectivity index (χ1) is 13.5. The summed E-state index contributed by atoms with van der Waals surface area (Å²) >= 11 is 5.85. The Kier molecular flexibility index (Phi) is 7.19. The highest BCUT2D eigenvalue weighted by Crippen LogP contribution is 2.16. The fraction of sp³-hybridized carbons (Fsp3) is 0.350. The van der Waals surface area contributed by atoms with Crippen LogP contribution in [-0.2, 0) is 4.79 Å². The van der Waals surface area contributed by atoms with Gasteiger partial charge in [0.1, 0.15) is 24.0 Å². The van der Waals surface area contributed by atoms with Crippen molar-refractivity contribution in [1.82, 2.24) is 9.80 Å². The van der Waals surface area contributed by atoms with Crippen LogP contribution >= 0.6 is 11.6 Å². The van der Waals surface area contributed by atoms with Crippen molar-refractivity contribution in [1.29, 1.82) is 0 Å². The van der Waals surface area contributed by atoms with E-state index in [0.29, 0.717) is 11.6 Å². The van der Waals surface area contributed by atoms with Gasteiger partial charge in [0.25, 0.3) is 0 Å². The number of piperazine rings is 1. The fourth-order valence-corrected chi connectivity index (χ4v) is 3.10. The highest BCUT2D eigenvalue weighted by atomic mass is 35.5. The standard InChI is InChI=1S/C20H22ClF2N3O2/c21-15-1-4-17(5-2-15)28-12-11-25-7-9-26(10-8-25)14-20(27)24-19-6-3-16(22)13-18(19)23/h1-6,13H,7-12,14H2,(H,24,27). The number of rotatable bonds is 7. The number of hydrogen-bond donors (Lipinski definition) is 1. The van der Waals surface area contributed by atoms with Crippen molar-refractivity contribution in [3.63, 3.8) is 0 Å². The molecule has 1 amide bonds. The van der Waals surface area contributed by atoms with Crippen molar-refractivity contribution in [3.8, 4) is 5.75 Å². The predicted octanol–water partition coefficient (Wildman–Crippen LogP) is 3.25. The maximum absolute atomic E-state index is 13.6. The average Bonchev–Trinajstić information content (AvgIpc) is 2.67. The molecule has 0 aliphatic carbocycles. The summed E-state index contributed by atoms with van der Waals surface area (Å²) in [5, 5.41) is 3.16. The quantitative estimate of drug-likeness (QED) is 0.762. The third-order valence-corrected chi connectivity index (χ3v) is 4.78. The molecule has 28 heavy (non-hydrogen) atoms. The number of ether oxygens (including phenoxy) is 1. The summed E-state index contributed by atoms with van der Waals surface area (Å²) in [6.07, 6.45) is 0. The van der Waals surface area contributed by atoms with Crippen molar-refractivity contribution >= 4 is 23.2 Å². The Morgan fingerprint density at radius 3 is 2.39 bits per heavy atom. The minimum Gasteiger partial charge on any atom is -0.492 e. The molecule has 0 unspecified atom stereocenters. The molecule has 1 N–H and O–H groups in total. The molecule has 1 heterocycles. The second-order valence-electron chi connectivity index (χ2n) is 6.59. The van der Waals surface area contributed by atoms with Crippen LogP contribution in [-0.4, -0.2) is 61.6 Å². The fourth-order valence-electron chi connectivity index (χ4n) is 2.98. The van der Waals surface area contributed by atoms with Crippen LogP contribution in [0.2, 0.25) is 5.02 Å². The zero-order chi connectivity index (χ0) is 19.9. The van der Waals surface area contributed by atoms with Gasteiger partial charge < -0.3 is 10.1 Å². The van der Waals surface area contributed by atoms with E-state index in [1.165, 1.54) is 6.07 Å². The highest BCUT2D eigenvalue weighted by molar-refractivity contribution is 6.30. The largest absolute Gasteiger partial charge is 0.492 e. The van der Waals surface area contributed by atoms with Crippen LogP contribution in [0, 0.1) is 11.6 Å². The lowest BCUT2D eigenvalue weighted by molar-refractivity contribution is -0.117. The van der Waals surface area contributed by atoms with Crippen LogP contribution in [0.5, 0.6) is 5.75 Å². The molecule has 2 aromatic carbocycles. The summed E-state index contributed by atoms with van der Waals surface area (Å²) in [5.41, 5.74) is -0.00983. The molecule has 0 bridgehead atoms. The second-order valence-corrected chi connectivity index (χ2v) is 7.03. The molecule has 1 aliphatic rings. The Morgan fingerprint density at radius 1 is 1.04 bits per heavy atom. The molecule has 150 valence electrons. The van der Waals surface area contributed by atoms with Crippen LogP contribution in [0.1, 0.15) is 0 Å². The van der Waals surface area contributed by atoms with Crippen molar-refractivity contribution in [3.05, 3.63) is 59.1 Å². The molecular weight excluding hydrogens is 388 g/mol. The van der Waals surface area contributed by atoms with E-state index in [4.69, 9.17) is 16.3 Å². The summed E-state index contributed by atoms with van der Waals surface area (Å²) < 4.78 is 32.2. The molecule has 0 radical (unpaired) electrons. The minimum atomic E-state index is -0.779. The Bertz CT molecular complexity index is 797. The number of carbonyl (C=O) groups excluding carboxylic acids is 1. The van der Waals surface area contributed by atoms with Crippen LogP contribution in [0.25, 0.3) is 0 Å². The van der Waals surface area contributed by atoms with Gasteiger partial charge in [0.2, 0.25) is 5.91 Å². The smallest absolute Gasteiger partial charge is 0.238 e. The van der Waals surface area contributed by atoms with Crippen molar-refractivity contribution in [2.75, 3.05) is 51.2 Å². The molecule has 0 atom stereocenters. The number of nitrogens with one attached hydrogen (secondary N) is 1. The third kappa shape index (κ3) is 6.15. The molecule has 1 saturated heterocycles. The molecule has 0 spiro atoms. The Hall–Kier alpha value is -2.22. The van der Waals surface area contributed by atoms with E-state index < -0.39 is 11.6 Å². The molecule has 8 heteroatoms. The third-order valence-electron chi connectivity index (χ3n) is 4.53. The first-order valence-electron chi connectivity index (χ1n) is 9.07. The zero-order valence-corrected chi connectivity index (χ0v) is 16.1. The van der Waals surface area contributed by atoms with Gasteiger partial charge in [0, 0.05) is 43.8 Å². The summed E-state index contributed by atoms with van der Waals surface area (Å²) in [6.45, 7) is 4.66. The SMILES string of the molecule is O=C(CN1CCN(CCOc2ccc(Cl)cc2)CC1)Nc1ccc(F)cc1F. The van der Waals surface area contributed by atoms with Gasteiger partial charge in [-0.2, -0.15) is 0 Å². The number of anilines is 1.